The van der Waals surface area contributed by atoms with Gasteiger partial charge in [-0.2, -0.15) is 31.3 Å². The second kappa shape index (κ2) is 12.0. The zero-order chi connectivity index (χ0) is 29.0. The lowest BCUT2D eigenvalue weighted by Gasteiger charge is -2.21. The number of ether oxygens (including phenoxy) is 1. The maximum absolute atomic E-state index is 13.5. The van der Waals surface area contributed by atoms with Crippen molar-refractivity contribution in [2.75, 3.05) is 34.3 Å². The highest BCUT2D eigenvalue weighted by atomic mass is 19.4. The average Bonchev–Trinajstić information content (AvgIpc) is 2.85. The number of amides is 1. The van der Waals surface area contributed by atoms with Gasteiger partial charge in [0.15, 0.2) is 0 Å². The van der Waals surface area contributed by atoms with E-state index in [1.807, 2.05) is 32.0 Å². The minimum atomic E-state index is -5.00. The van der Waals surface area contributed by atoms with Gasteiger partial charge in [0, 0.05) is 31.9 Å². The first-order chi connectivity index (χ1) is 18.2. The highest BCUT2D eigenvalue weighted by molar-refractivity contribution is 5.99. The van der Waals surface area contributed by atoms with E-state index in [0.29, 0.717) is 29.7 Å². The molecule has 0 radical (unpaired) electrons. The van der Waals surface area contributed by atoms with Crippen molar-refractivity contribution in [3.63, 3.8) is 0 Å². The number of alkyl halides is 6. The van der Waals surface area contributed by atoms with Gasteiger partial charge < -0.3 is 14.5 Å². The lowest BCUT2D eigenvalue weighted by molar-refractivity contribution is -0.143. The number of rotatable bonds is 9. The molecule has 210 valence electrons. The second-order valence-corrected chi connectivity index (χ2v) is 9.31. The summed E-state index contributed by atoms with van der Waals surface area (Å²) in [6.07, 6.45) is -7.91. The first kappa shape index (κ1) is 29.9. The summed E-state index contributed by atoms with van der Waals surface area (Å²) < 4.78 is 85.5. The van der Waals surface area contributed by atoms with Crippen molar-refractivity contribution in [1.82, 2.24) is 19.8 Å². The smallest absolute Gasteiger partial charge is 0.416 e. The molecule has 0 aliphatic heterocycles. The van der Waals surface area contributed by atoms with Crippen LogP contribution in [0.4, 0.5) is 26.3 Å². The van der Waals surface area contributed by atoms with Crippen molar-refractivity contribution in [2.24, 2.45) is 0 Å². The molecule has 0 unspecified atom stereocenters. The summed E-state index contributed by atoms with van der Waals surface area (Å²) >= 11 is 0. The molecular weight excluding hydrogens is 526 g/mol. The summed E-state index contributed by atoms with van der Waals surface area (Å²) in [5.74, 6) is -0.722. The summed E-state index contributed by atoms with van der Waals surface area (Å²) in [5.41, 5.74) is -1.52. The van der Waals surface area contributed by atoms with Gasteiger partial charge in [-0.3, -0.25) is 4.79 Å². The van der Waals surface area contributed by atoms with Crippen LogP contribution in [0.3, 0.4) is 0 Å². The third-order valence-electron chi connectivity index (χ3n) is 5.80. The number of hydrogen-bond acceptors (Lipinski definition) is 5. The monoisotopic (exact) mass is 554 g/mol. The first-order valence-electron chi connectivity index (χ1n) is 11.9. The molecule has 0 fully saturated rings. The zero-order valence-corrected chi connectivity index (χ0v) is 21.8. The predicted molar refractivity (Wildman–Crippen MR) is 133 cm³/mol. The van der Waals surface area contributed by atoms with Gasteiger partial charge in [0.05, 0.1) is 17.7 Å². The van der Waals surface area contributed by atoms with Crippen molar-refractivity contribution >= 4 is 5.91 Å². The van der Waals surface area contributed by atoms with Gasteiger partial charge in [-0.1, -0.05) is 24.3 Å². The molecule has 1 aromatic heterocycles. The Labute approximate surface area is 222 Å². The Hall–Kier alpha value is -3.67. The highest BCUT2D eigenvalue weighted by Crippen LogP contribution is 2.36. The number of carbonyl (C=O) groups is 1. The van der Waals surface area contributed by atoms with Gasteiger partial charge in [0.1, 0.15) is 5.69 Å². The normalized spacial score (nSPS) is 12.1. The molecule has 0 aliphatic rings. The second-order valence-electron chi connectivity index (χ2n) is 9.31. The maximum atomic E-state index is 13.5. The van der Waals surface area contributed by atoms with Crippen LogP contribution in [-0.2, 0) is 18.9 Å². The topological polar surface area (TPSA) is 58.6 Å². The molecule has 3 rings (SSSR count). The molecule has 3 aromatic rings. The largest absolute Gasteiger partial charge is 0.463 e. The molecular formula is C27H28F6N4O2. The molecule has 0 bridgehead atoms. The standard InChI is InChI=1S/C27H28F6N4O2/c1-17-8-5-6-9-21(17)22-15-34-25(39-11-7-10-36(2)3)35-23(22)24(38)37(4)16-18-12-19(26(28,29)30)14-20(13-18)27(31,32)33/h5-6,8-9,12-15H,7,10-11,16H2,1-4H3. The van der Waals surface area contributed by atoms with E-state index in [4.69, 9.17) is 4.74 Å². The fourth-order valence-corrected chi connectivity index (χ4v) is 3.85. The molecule has 0 spiro atoms. The van der Waals surface area contributed by atoms with E-state index in [1.54, 1.807) is 18.2 Å². The molecule has 0 saturated carbocycles. The predicted octanol–water partition coefficient (Wildman–Crippen LogP) is 6.09. The van der Waals surface area contributed by atoms with Crippen molar-refractivity contribution in [2.45, 2.75) is 32.2 Å². The molecule has 0 N–H and O–H groups in total. The number of aryl methyl sites for hydroxylation is 1. The fraction of sp³-hybridized carbons (Fsp3) is 0.370. The molecule has 0 saturated heterocycles. The molecule has 12 heteroatoms. The van der Waals surface area contributed by atoms with Crippen molar-refractivity contribution in [1.29, 1.82) is 0 Å². The molecule has 0 aliphatic carbocycles. The first-order valence-corrected chi connectivity index (χ1v) is 11.9. The van der Waals surface area contributed by atoms with Crippen molar-refractivity contribution < 1.29 is 35.9 Å². The SMILES string of the molecule is Cc1ccccc1-c1cnc(OCCCN(C)C)nc1C(=O)N(C)Cc1cc(C(F)(F)F)cc(C(F)(F)F)c1. The van der Waals surface area contributed by atoms with Gasteiger partial charge in [-0.05, 0) is 62.3 Å². The third kappa shape index (κ3) is 7.92. The Morgan fingerprint density at radius 1 is 0.923 bits per heavy atom. The number of benzene rings is 2. The van der Waals surface area contributed by atoms with Crippen LogP contribution in [0.2, 0.25) is 0 Å². The lowest BCUT2D eigenvalue weighted by atomic mass is 10.00. The van der Waals surface area contributed by atoms with Crippen LogP contribution < -0.4 is 4.74 Å². The van der Waals surface area contributed by atoms with Crippen LogP contribution in [0.5, 0.6) is 6.01 Å². The summed E-state index contributed by atoms with van der Waals surface area (Å²) in [5, 5.41) is 0. The van der Waals surface area contributed by atoms with Crippen molar-refractivity contribution in [3.05, 3.63) is 76.6 Å². The Balaban J connectivity index is 1.97. The molecule has 2 aromatic carbocycles. The Bertz CT molecular complexity index is 1280. The minimum absolute atomic E-state index is 0.0476. The van der Waals surface area contributed by atoms with Crippen LogP contribution in [0.1, 0.15) is 39.2 Å². The van der Waals surface area contributed by atoms with Crippen LogP contribution in [0, 0.1) is 6.92 Å². The molecule has 6 nitrogen and oxygen atoms in total. The summed E-state index contributed by atoms with van der Waals surface area (Å²) in [7, 11) is 5.08. The fourth-order valence-electron chi connectivity index (χ4n) is 3.85. The number of hydrogen-bond donors (Lipinski definition) is 0. The maximum Gasteiger partial charge on any atom is 0.416 e. The number of carbonyl (C=O) groups excluding carboxylic acids is 1. The lowest BCUT2D eigenvalue weighted by Crippen LogP contribution is -2.28. The van der Waals surface area contributed by atoms with E-state index in [1.165, 1.54) is 13.2 Å². The molecule has 1 amide bonds. The highest BCUT2D eigenvalue weighted by Gasteiger charge is 2.37. The van der Waals surface area contributed by atoms with E-state index in [0.717, 1.165) is 17.0 Å². The van der Waals surface area contributed by atoms with Crippen LogP contribution >= 0.6 is 0 Å². The van der Waals surface area contributed by atoms with Gasteiger partial charge in [0.2, 0.25) is 0 Å². The van der Waals surface area contributed by atoms with Gasteiger partial charge in [0.25, 0.3) is 5.91 Å². The number of aromatic nitrogens is 2. The summed E-state index contributed by atoms with van der Waals surface area (Å²) in [6.45, 7) is 2.31. The van der Waals surface area contributed by atoms with Gasteiger partial charge >= 0.3 is 18.4 Å². The molecule has 1 heterocycles. The quantitative estimate of drug-likeness (QED) is 0.237. The van der Waals surface area contributed by atoms with E-state index in [2.05, 4.69) is 9.97 Å². The Morgan fingerprint density at radius 2 is 1.54 bits per heavy atom. The molecule has 0 atom stereocenters. The van der Waals surface area contributed by atoms with Crippen LogP contribution in [0.15, 0.2) is 48.7 Å². The van der Waals surface area contributed by atoms with Crippen LogP contribution in [-0.4, -0.2) is 60.0 Å². The minimum Gasteiger partial charge on any atom is -0.463 e. The van der Waals surface area contributed by atoms with E-state index >= 15 is 0 Å². The van der Waals surface area contributed by atoms with E-state index in [9.17, 15) is 31.1 Å². The zero-order valence-electron chi connectivity index (χ0n) is 21.8. The Kier molecular flexibility index (Phi) is 9.21. The summed E-state index contributed by atoms with van der Waals surface area (Å²) in [4.78, 5) is 25.0. The van der Waals surface area contributed by atoms with Gasteiger partial charge in [-0.15, -0.1) is 0 Å². The van der Waals surface area contributed by atoms with E-state index in [-0.39, 0.29) is 29.9 Å². The summed E-state index contributed by atoms with van der Waals surface area (Å²) in [6, 6.07) is 8.31. The number of nitrogens with zero attached hydrogens (tertiary/aromatic N) is 4. The van der Waals surface area contributed by atoms with Crippen LogP contribution in [0.25, 0.3) is 11.1 Å². The van der Waals surface area contributed by atoms with Crippen molar-refractivity contribution in [3.8, 4) is 17.1 Å². The number of halogens is 6. The molecule has 39 heavy (non-hydrogen) atoms. The van der Waals surface area contributed by atoms with E-state index < -0.39 is 35.9 Å². The van der Waals surface area contributed by atoms with Gasteiger partial charge in [-0.25, -0.2) is 4.98 Å². The third-order valence-corrected chi connectivity index (χ3v) is 5.80. The average molecular weight is 555 g/mol. The Morgan fingerprint density at radius 3 is 2.10 bits per heavy atom.